The van der Waals surface area contributed by atoms with Gasteiger partial charge in [0, 0.05) is 17.8 Å². The van der Waals surface area contributed by atoms with Crippen molar-refractivity contribution >= 4 is 34.8 Å². The first-order valence-corrected chi connectivity index (χ1v) is 6.22. The van der Waals surface area contributed by atoms with Gasteiger partial charge < -0.3 is 0 Å². The minimum Gasteiger partial charge on any atom is -0.255 e. The van der Waals surface area contributed by atoms with E-state index in [2.05, 4.69) is 4.98 Å². The lowest BCUT2D eigenvalue weighted by atomic mass is 10.1. The SMILES string of the molecule is Fc1cc(-c2c(Cl)ccc(Cl)c2Cl)ncc1C(F)(F)F. The molecular weight excluding hydrogens is 340 g/mol. The fourth-order valence-corrected chi connectivity index (χ4v) is 2.26. The minimum absolute atomic E-state index is 0.00850. The Balaban J connectivity index is 2.62. The van der Waals surface area contributed by atoms with Gasteiger partial charge in [0.1, 0.15) is 11.4 Å². The first-order chi connectivity index (χ1) is 9.21. The molecule has 0 aliphatic carbocycles. The number of aromatic nitrogens is 1. The predicted molar refractivity (Wildman–Crippen MR) is 69.7 cm³/mol. The van der Waals surface area contributed by atoms with E-state index >= 15 is 0 Å². The van der Waals surface area contributed by atoms with Crippen molar-refractivity contribution in [1.29, 1.82) is 0 Å². The second-order valence-electron chi connectivity index (χ2n) is 3.77. The predicted octanol–water partition coefficient (Wildman–Crippen LogP) is 5.87. The number of nitrogens with zero attached hydrogens (tertiary/aromatic N) is 1. The number of halogens is 7. The summed E-state index contributed by atoms with van der Waals surface area (Å²) in [6.07, 6.45) is -4.43. The maximum absolute atomic E-state index is 13.5. The molecule has 2 aromatic rings. The standard InChI is InChI=1S/C12H4Cl3F4N/c13-6-1-2-7(14)11(15)10(6)9-3-8(16)5(4-20-9)12(17,18)19/h1-4H. The first kappa shape index (κ1) is 15.4. The lowest BCUT2D eigenvalue weighted by Gasteiger charge is -2.11. The zero-order valence-corrected chi connectivity index (χ0v) is 11.7. The lowest BCUT2D eigenvalue weighted by Crippen LogP contribution is -2.09. The van der Waals surface area contributed by atoms with Gasteiger partial charge in [0.05, 0.1) is 20.8 Å². The summed E-state index contributed by atoms with van der Waals surface area (Å²) < 4.78 is 50.9. The van der Waals surface area contributed by atoms with Crippen molar-refractivity contribution in [2.45, 2.75) is 6.18 Å². The van der Waals surface area contributed by atoms with Gasteiger partial charge in [0.25, 0.3) is 0 Å². The van der Waals surface area contributed by atoms with Gasteiger partial charge in [-0.25, -0.2) is 4.39 Å². The molecule has 0 fully saturated rings. The summed E-state index contributed by atoms with van der Waals surface area (Å²) in [6.45, 7) is 0. The Hall–Kier alpha value is -1.04. The molecule has 106 valence electrons. The van der Waals surface area contributed by atoms with E-state index in [-0.39, 0.29) is 26.3 Å². The van der Waals surface area contributed by atoms with Crippen LogP contribution in [0.1, 0.15) is 5.56 Å². The fourth-order valence-electron chi connectivity index (χ4n) is 1.54. The van der Waals surface area contributed by atoms with Crippen molar-refractivity contribution in [2.24, 2.45) is 0 Å². The van der Waals surface area contributed by atoms with Gasteiger partial charge in [-0.2, -0.15) is 13.2 Å². The summed E-state index contributed by atoms with van der Waals surface area (Å²) in [5.41, 5.74) is -1.52. The van der Waals surface area contributed by atoms with Crippen molar-refractivity contribution in [3.63, 3.8) is 0 Å². The van der Waals surface area contributed by atoms with E-state index < -0.39 is 17.6 Å². The number of rotatable bonds is 1. The lowest BCUT2D eigenvalue weighted by molar-refractivity contribution is -0.140. The van der Waals surface area contributed by atoms with Crippen LogP contribution in [0.25, 0.3) is 11.3 Å². The third-order valence-corrected chi connectivity index (χ3v) is 3.58. The Kier molecular flexibility index (Phi) is 4.14. The van der Waals surface area contributed by atoms with Gasteiger partial charge in [0.2, 0.25) is 0 Å². The molecule has 1 aromatic carbocycles. The highest BCUT2D eigenvalue weighted by Gasteiger charge is 2.34. The summed E-state index contributed by atoms with van der Waals surface area (Å²) in [7, 11) is 0. The quantitative estimate of drug-likeness (QED) is 0.466. The largest absolute Gasteiger partial charge is 0.420 e. The number of hydrogen-bond donors (Lipinski definition) is 0. The third-order valence-electron chi connectivity index (χ3n) is 2.46. The van der Waals surface area contributed by atoms with Crippen LogP contribution in [0.4, 0.5) is 17.6 Å². The van der Waals surface area contributed by atoms with Gasteiger partial charge in [-0.1, -0.05) is 34.8 Å². The maximum atomic E-state index is 13.5. The molecule has 0 amide bonds. The van der Waals surface area contributed by atoms with Gasteiger partial charge >= 0.3 is 6.18 Å². The minimum atomic E-state index is -4.82. The second-order valence-corrected chi connectivity index (χ2v) is 4.96. The van der Waals surface area contributed by atoms with E-state index in [1.54, 1.807) is 0 Å². The van der Waals surface area contributed by atoms with E-state index in [4.69, 9.17) is 34.8 Å². The summed E-state index contributed by atoms with van der Waals surface area (Å²) in [6, 6.07) is 3.42. The first-order valence-electron chi connectivity index (χ1n) is 5.08. The van der Waals surface area contributed by atoms with Crippen LogP contribution in [0.3, 0.4) is 0 Å². The normalized spacial score (nSPS) is 11.8. The van der Waals surface area contributed by atoms with Crippen molar-refractivity contribution in [1.82, 2.24) is 4.98 Å². The molecule has 8 heteroatoms. The van der Waals surface area contributed by atoms with Crippen molar-refractivity contribution in [3.8, 4) is 11.3 Å². The molecule has 1 aromatic heterocycles. The smallest absolute Gasteiger partial charge is 0.255 e. The molecule has 0 radical (unpaired) electrons. The zero-order chi connectivity index (χ0) is 15.1. The topological polar surface area (TPSA) is 12.9 Å². The highest BCUT2D eigenvalue weighted by molar-refractivity contribution is 6.46. The molecule has 0 saturated heterocycles. The Morgan fingerprint density at radius 1 is 1.00 bits per heavy atom. The molecule has 0 unspecified atom stereocenters. The van der Waals surface area contributed by atoms with Gasteiger partial charge in [-0.15, -0.1) is 0 Å². The van der Waals surface area contributed by atoms with Crippen molar-refractivity contribution in [3.05, 3.63) is 50.8 Å². The highest BCUT2D eigenvalue weighted by Crippen LogP contribution is 2.39. The Labute approximate surface area is 126 Å². The van der Waals surface area contributed by atoms with E-state index in [0.717, 1.165) is 0 Å². The molecular formula is C12H4Cl3F4N. The number of hydrogen-bond acceptors (Lipinski definition) is 1. The molecule has 1 heterocycles. The van der Waals surface area contributed by atoms with Crippen LogP contribution in [0.5, 0.6) is 0 Å². The summed E-state index contributed by atoms with van der Waals surface area (Å²) in [5.74, 6) is -1.46. The summed E-state index contributed by atoms with van der Waals surface area (Å²) >= 11 is 17.6. The van der Waals surface area contributed by atoms with Crippen LogP contribution in [-0.4, -0.2) is 4.98 Å². The van der Waals surface area contributed by atoms with E-state index in [1.165, 1.54) is 12.1 Å². The second kappa shape index (κ2) is 5.39. The molecule has 0 aliphatic heterocycles. The summed E-state index contributed by atoms with van der Waals surface area (Å²) in [5, 5.41) is 0.227. The van der Waals surface area contributed by atoms with Crippen molar-refractivity contribution < 1.29 is 17.6 Å². The average molecular weight is 345 g/mol. The molecule has 2 rings (SSSR count). The van der Waals surface area contributed by atoms with Gasteiger partial charge in [-0.3, -0.25) is 4.98 Å². The Morgan fingerprint density at radius 2 is 1.60 bits per heavy atom. The molecule has 1 nitrogen and oxygen atoms in total. The highest BCUT2D eigenvalue weighted by atomic mass is 35.5. The van der Waals surface area contributed by atoms with Crippen LogP contribution in [-0.2, 0) is 6.18 Å². The average Bonchev–Trinajstić information content (AvgIpc) is 2.33. The molecule has 0 bridgehead atoms. The number of alkyl halides is 3. The van der Waals surface area contributed by atoms with Crippen LogP contribution >= 0.6 is 34.8 Å². The molecule has 20 heavy (non-hydrogen) atoms. The van der Waals surface area contributed by atoms with Crippen LogP contribution < -0.4 is 0 Å². The van der Waals surface area contributed by atoms with E-state index in [9.17, 15) is 17.6 Å². The van der Waals surface area contributed by atoms with Crippen molar-refractivity contribution in [2.75, 3.05) is 0 Å². The van der Waals surface area contributed by atoms with E-state index in [0.29, 0.717) is 12.3 Å². The van der Waals surface area contributed by atoms with Crippen LogP contribution in [0.2, 0.25) is 15.1 Å². The summed E-state index contributed by atoms with van der Waals surface area (Å²) in [4.78, 5) is 3.55. The zero-order valence-electron chi connectivity index (χ0n) is 9.40. The van der Waals surface area contributed by atoms with Gasteiger partial charge in [-0.05, 0) is 12.1 Å². The Morgan fingerprint density at radius 3 is 2.15 bits per heavy atom. The van der Waals surface area contributed by atoms with Crippen LogP contribution in [0, 0.1) is 5.82 Å². The fraction of sp³-hybridized carbons (Fsp3) is 0.0833. The maximum Gasteiger partial charge on any atom is 0.420 e. The van der Waals surface area contributed by atoms with E-state index in [1.807, 2.05) is 0 Å². The molecule has 0 atom stereocenters. The Bertz CT molecular complexity index is 670. The number of pyridine rings is 1. The van der Waals surface area contributed by atoms with Crippen LogP contribution in [0.15, 0.2) is 24.4 Å². The monoisotopic (exact) mass is 343 g/mol. The molecule has 0 spiro atoms. The molecule has 0 aliphatic rings. The van der Waals surface area contributed by atoms with Gasteiger partial charge in [0.15, 0.2) is 0 Å². The molecule has 0 saturated carbocycles. The molecule has 0 N–H and O–H groups in total. The number of benzene rings is 1. The third kappa shape index (κ3) is 2.85.